The van der Waals surface area contributed by atoms with Crippen LogP contribution in [-0.2, 0) is 10.8 Å². The molecule has 45 heavy (non-hydrogen) atoms. The SMILES string of the molecule is CCCCCCCCCCCCCCCC(C)(c1nnc(C(C)(CCCCCCCCCCCCCCC)C(S)S)s1)C(S)S. The first-order valence-corrected chi connectivity index (χ1v) is 22.2. The molecule has 0 fully saturated rings. The third-order valence-corrected chi connectivity index (χ3v) is 13.9. The van der Waals surface area contributed by atoms with Crippen LogP contribution in [0.2, 0.25) is 0 Å². The van der Waals surface area contributed by atoms with E-state index in [2.05, 4.69) is 27.7 Å². The lowest BCUT2D eigenvalue weighted by atomic mass is 9.86. The van der Waals surface area contributed by atoms with Gasteiger partial charge in [0.15, 0.2) is 0 Å². The predicted molar refractivity (Wildman–Crippen MR) is 219 cm³/mol. The van der Waals surface area contributed by atoms with Gasteiger partial charge in [-0.05, 0) is 12.8 Å². The Hall–Kier alpha value is 0.960. The van der Waals surface area contributed by atoms with Crippen LogP contribution in [0.1, 0.15) is 217 Å². The Morgan fingerprint density at radius 3 is 0.867 bits per heavy atom. The van der Waals surface area contributed by atoms with Crippen molar-refractivity contribution in [3.05, 3.63) is 10.0 Å². The summed E-state index contributed by atoms with van der Waals surface area (Å²) in [6.07, 6.45) is 37.8. The van der Waals surface area contributed by atoms with E-state index in [1.807, 2.05) is 0 Å². The van der Waals surface area contributed by atoms with E-state index in [4.69, 9.17) is 60.7 Å². The lowest BCUT2D eigenvalue weighted by Crippen LogP contribution is -2.30. The summed E-state index contributed by atoms with van der Waals surface area (Å²) in [5.74, 6) is 0. The van der Waals surface area contributed by atoms with Crippen molar-refractivity contribution in [1.82, 2.24) is 10.2 Å². The number of aromatic nitrogens is 2. The Labute approximate surface area is 307 Å². The lowest BCUT2D eigenvalue weighted by molar-refractivity contribution is 0.427. The van der Waals surface area contributed by atoms with Crippen molar-refractivity contribution in [2.45, 2.75) is 227 Å². The third kappa shape index (κ3) is 19.1. The third-order valence-electron chi connectivity index (χ3n) is 10.1. The van der Waals surface area contributed by atoms with E-state index < -0.39 is 0 Å². The fraction of sp³-hybridized carbons (Fsp3) is 0.947. The van der Waals surface area contributed by atoms with Gasteiger partial charge in [0.25, 0.3) is 0 Å². The van der Waals surface area contributed by atoms with Crippen LogP contribution in [0.25, 0.3) is 0 Å². The molecule has 0 aliphatic rings. The topological polar surface area (TPSA) is 25.8 Å². The maximum Gasteiger partial charge on any atom is 0.125 e. The molecule has 2 atom stereocenters. The summed E-state index contributed by atoms with van der Waals surface area (Å²) in [5.41, 5.74) is -0.363. The molecular formula is C38H74N2S5. The molecule has 0 N–H and O–H groups in total. The van der Waals surface area contributed by atoms with Crippen LogP contribution >= 0.6 is 61.9 Å². The van der Waals surface area contributed by atoms with Gasteiger partial charge >= 0.3 is 0 Å². The normalized spacial score (nSPS) is 14.8. The van der Waals surface area contributed by atoms with Gasteiger partial charge in [-0.25, -0.2) is 0 Å². The minimum Gasteiger partial charge on any atom is -0.164 e. The van der Waals surface area contributed by atoms with Gasteiger partial charge in [0.05, 0.1) is 9.16 Å². The molecule has 7 heteroatoms. The molecule has 0 amide bonds. The van der Waals surface area contributed by atoms with Crippen molar-refractivity contribution >= 4 is 61.9 Å². The number of nitrogens with zero attached hydrogens (tertiary/aromatic N) is 2. The smallest absolute Gasteiger partial charge is 0.125 e. The highest BCUT2D eigenvalue weighted by Crippen LogP contribution is 2.44. The molecule has 1 rings (SSSR count). The Bertz CT molecular complexity index is 738. The second-order valence-corrected chi connectivity index (χ2v) is 18.3. The molecule has 0 radical (unpaired) electrons. The summed E-state index contributed by atoms with van der Waals surface area (Å²) in [5, 5.41) is 11.7. The zero-order valence-corrected chi connectivity index (χ0v) is 34.4. The molecule has 266 valence electrons. The lowest BCUT2D eigenvalue weighted by Gasteiger charge is -2.31. The van der Waals surface area contributed by atoms with Crippen LogP contribution in [0, 0.1) is 0 Å². The van der Waals surface area contributed by atoms with Crippen molar-refractivity contribution in [3.63, 3.8) is 0 Å². The van der Waals surface area contributed by atoms with E-state index in [0.717, 1.165) is 22.9 Å². The van der Waals surface area contributed by atoms with Gasteiger partial charge in [-0.15, -0.1) is 21.5 Å². The van der Waals surface area contributed by atoms with Crippen LogP contribution in [0.4, 0.5) is 0 Å². The zero-order valence-electron chi connectivity index (χ0n) is 30.0. The molecule has 0 saturated heterocycles. The molecule has 2 unspecified atom stereocenters. The first-order chi connectivity index (χ1) is 21.7. The quantitative estimate of drug-likeness (QED) is 0.0339. The fourth-order valence-electron chi connectivity index (χ4n) is 6.40. The van der Waals surface area contributed by atoms with E-state index in [1.165, 1.54) is 167 Å². The maximum absolute atomic E-state index is 4.84. The summed E-state index contributed by atoms with van der Waals surface area (Å²) in [6.45, 7) is 9.15. The van der Waals surface area contributed by atoms with E-state index in [1.54, 1.807) is 11.3 Å². The summed E-state index contributed by atoms with van der Waals surface area (Å²) >= 11 is 21.1. The van der Waals surface area contributed by atoms with Crippen LogP contribution < -0.4 is 0 Å². The standard InChI is InChI=1S/C38H74N2S5/c1-5-7-9-11-13-15-17-19-21-23-25-27-29-31-37(3,35(41)42)33-39-40-34(45-33)38(4,36(43)44)32-30-28-26-24-22-20-18-16-14-12-10-8-6-2/h35-36,41-44H,5-32H2,1-4H3. The Morgan fingerprint density at radius 1 is 0.422 bits per heavy atom. The summed E-state index contributed by atoms with van der Waals surface area (Å²) < 4.78 is -0.128. The van der Waals surface area contributed by atoms with Crippen LogP contribution in [-0.4, -0.2) is 19.4 Å². The Balaban J connectivity index is 2.39. The van der Waals surface area contributed by atoms with Gasteiger partial charge in [0, 0.05) is 10.8 Å². The average molecular weight is 719 g/mol. The molecule has 0 saturated carbocycles. The monoisotopic (exact) mass is 718 g/mol. The molecule has 0 spiro atoms. The molecule has 2 nitrogen and oxygen atoms in total. The molecule has 0 aliphatic heterocycles. The van der Waals surface area contributed by atoms with Crippen molar-refractivity contribution in [1.29, 1.82) is 0 Å². The van der Waals surface area contributed by atoms with Crippen molar-refractivity contribution < 1.29 is 0 Å². The fourth-order valence-corrected chi connectivity index (χ4v) is 9.01. The van der Waals surface area contributed by atoms with Crippen LogP contribution in [0.3, 0.4) is 0 Å². The molecule has 1 aromatic heterocycles. The molecule has 0 bridgehead atoms. The van der Waals surface area contributed by atoms with E-state index in [9.17, 15) is 0 Å². The second kappa shape index (κ2) is 27.7. The summed E-state index contributed by atoms with van der Waals surface area (Å²) in [6, 6.07) is 0. The largest absolute Gasteiger partial charge is 0.164 e. The molecule has 1 aromatic rings. The molecule has 0 aromatic carbocycles. The van der Waals surface area contributed by atoms with Gasteiger partial charge in [-0.3, -0.25) is 0 Å². The Morgan fingerprint density at radius 2 is 0.644 bits per heavy atom. The minimum atomic E-state index is -0.182. The molecule has 1 heterocycles. The first kappa shape index (κ1) is 44.0. The van der Waals surface area contributed by atoms with Crippen molar-refractivity contribution in [3.8, 4) is 0 Å². The van der Waals surface area contributed by atoms with Crippen LogP contribution in [0.5, 0.6) is 0 Å². The number of rotatable bonds is 32. The highest BCUT2D eigenvalue weighted by Gasteiger charge is 2.40. The number of unbranched alkanes of at least 4 members (excludes halogenated alkanes) is 24. The second-order valence-electron chi connectivity index (χ2n) is 14.5. The zero-order chi connectivity index (χ0) is 33.2. The van der Waals surface area contributed by atoms with Crippen molar-refractivity contribution in [2.24, 2.45) is 0 Å². The average Bonchev–Trinajstić information content (AvgIpc) is 3.53. The molecular weight excluding hydrogens is 645 g/mol. The maximum atomic E-state index is 4.84. The van der Waals surface area contributed by atoms with Gasteiger partial charge < -0.3 is 0 Å². The highest BCUT2D eigenvalue weighted by molar-refractivity contribution is 7.99. The van der Waals surface area contributed by atoms with Gasteiger partial charge in [-0.1, -0.05) is 195 Å². The van der Waals surface area contributed by atoms with Gasteiger partial charge in [0.2, 0.25) is 0 Å². The molecule has 0 aliphatic carbocycles. The number of hydrogen-bond donors (Lipinski definition) is 4. The Kier molecular flexibility index (Phi) is 27.1. The summed E-state index contributed by atoms with van der Waals surface area (Å²) in [7, 11) is 0. The number of thiol groups is 4. The van der Waals surface area contributed by atoms with Crippen molar-refractivity contribution in [2.75, 3.05) is 0 Å². The minimum absolute atomic E-state index is 0.0641. The first-order valence-electron chi connectivity index (χ1n) is 19.3. The summed E-state index contributed by atoms with van der Waals surface area (Å²) in [4.78, 5) is 0. The van der Waals surface area contributed by atoms with Gasteiger partial charge in [0.1, 0.15) is 10.0 Å². The van der Waals surface area contributed by atoms with E-state index >= 15 is 0 Å². The number of hydrogen-bond acceptors (Lipinski definition) is 7. The predicted octanol–water partition coefficient (Wildman–Crippen LogP) is 14.4. The van der Waals surface area contributed by atoms with Gasteiger partial charge in [-0.2, -0.15) is 50.5 Å². The van der Waals surface area contributed by atoms with E-state index in [0.29, 0.717) is 0 Å². The van der Waals surface area contributed by atoms with E-state index in [-0.39, 0.29) is 20.0 Å². The highest BCUT2D eigenvalue weighted by atomic mass is 32.2. The van der Waals surface area contributed by atoms with Crippen LogP contribution in [0.15, 0.2) is 0 Å².